The van der Waals surface area contributed by atoms with Gasteiger partial charge in [-0.1, -0.05) is 12.5 Å². The summed E-state index contributed by atoms with van der Waals surface area (Å²) in [6.45, 7) is 2.90. The van der Waals surface area contributed by atoms with Crippen LogP contribution in [0.15, 0.2) is 46.0 Å². The van der Waals surface area contributed by atoms with Gasteiger partial charge in [0.2, 0.25) is 10.0 Å². The first-order valence-electron chi connectivity index (χ1n) is 9.37. The molecule has 152 valence electrons. The van der Waals surface area contributed by atoms with Crippen LogP contribution in [0.25, 0.3) is 10.6 Å². The molecule has 4 rings (SSSR count). The van der Waals surface area contributed by atoms with Gasteiger partial charge >= 0.3 is 0 Å². The van der Waals surface area contributed by atoms with Crippen LogP contribution in [-0.4, -0.2) is 36.7 Å². The summed E-state index contributed by atoms with van der Waals surface area (Å²) in [4.78, 5) is 18.0. The minimum atomic E-state index is -3.55. The number of hydrogen-bond donors (Lipinski definition) is 1. The van der Waals surface area contributed by atoms with Crippen LogP contribution in [0.5, 0.6) is 0 Å². The van der Waals surface area contributed by atoms with E-state index in [1.165, 1.54) is 21.7 Å². The van der Waals surface area contributed by atoms with Gasteiger partial charge in [0.15, 0.2) is 0 Å². The molecule has 1 N–H and O–H groups in total. The van der Waals surface area contributed by atoms with Gasteiger partial charge in [-0.05, 0) is 49.4 Å². The SMILES string of the molecule is Cc1nc(-c2ccsc2)sc1C(=O)Nc1cccc(S(=O)(=O)N2CCCCC2)c1. The Morgan fingerprint density at radius 2 is 1.97 bits per heavy atom. The van der Waals surface area contributed by atoms with E-state index in [0.29, 0.717) is 29.3 Å². The van der Waals surface area contributed by atoms with E-state index in [1.54, 1.807) is 36.5 Å². The van der Waals surface area contributed by atoms with Crippen LogP contribution in [0, 0.1) is 6.92 Å². The molecule has 1 aliphatic rings. The molecular formula is C20H21N3O3S3. The summed E-state index contributed by atoms with van der Waals surface area (Å²) >= 11 is 2.92. The zero-order valence-corrected chi connectivity index (χ0v) is 18.4. The second-order valence-corrected chi connectivity index (χ2v) is 10.6. The lowest BCUT2D eigenvalue weighted by Gasteiger charge is -2.26. The number of benzene rings is 1. The fourth-order valence-corrected chi connectivity index (χ4v) is 6.53. The predicted molar refractivity (Wildman–Crippen MR) is 117 cm³/mol. The summed E-state index contributed by atoms with van der Waals surface area (Å²) in [6.07, 6.45) is 2.82. The van der Waals surface area contributed by atoms with Gasteiger partial charge < -0.3 is 5.32 Å². The second-order valence-electron chi connectivity index (χ2n) is 6.89. The van der Waals surface area contributed by atoms with E-state index in [0.717, 1.165) is 29.8 Å². The molecule has 1 aliphatic heterocycles. The number of amides is 1. The van der Waals surface area contributed by atoms with Gasteiger partial charge in [-0.15, -0.1) is 11.3 Å². The van der Waals surface area contributed by atoms with Crippen LogP contribution >= 0.6 is 22.7 Å². The third-order valence-corrected chi connectivity index (χ3v) is 8.60. The van der Waals surface area contributed by atoms with Crippen molar-refractivity contribution in [3.8, 4) is 10.6 Å². The van der Waals surface area contributed by atoms with Gasteiger partial charge in [-0.25, -0.2) is 13.4 Å². The van der Waals surface area contributed by atoms with Gasteiger partial charge in [-0.2, -0.15) is 15.6 Å². The molecule has 0 unspecified atom stereocenters. The van der Waals surface area contributed by atoms with Crippen molar-refractivity contribution in [1.82, 2.24) is 9.29 Å². The van der Waals surface area contributed by atoms with Crippen molar-refractivity contribution in [2.75, 3.05) is 18.4 Å². The topological polar surface area (TPSA) is 79.4 Å². The molecule has 2 aromatic heterocycles. The van der Waals surface area contributed by atoms with E-state index < -0.39 is 10.0 Å². The highest BCUT2D eigenvalue weighted by Crippen LogP contribution is 2.30. The number of anilines is 1. The Morgan fingerprint density at radius 1 is 1.17 bits per heavy atom. The van der Waals surface area contributed by atoms with Gasteiger partial charge in [0, 0.05) is 29.7 Å². The van der Waals surface area contributed by atoms with E-state index >= 15 is 0 Å². The van der Waals surface area contributed by atoms with Gasteiger partial charge in [-0.3, -0.25) is 4.79 Å². The summed E-state index contributed by atoms with van der Waals surface area (Å²) in [5, 5.41) is 7.59. The second kappa shape index (κ2) is 8.35. The number of carbonyl (C=O) groups excluding carboxylic acids is 1. The Hall–Kier alpha value is -2.07. The monoisotopic (exact) mass is 447 g/mol. The Labute approximate surface area is 178 Å². The number of piperidine rings is 1. The summed E-state index contributed by atoms with van der Waals surface area (Å²) in [6, 6.07) is 8.43. The van der Waals surface area contributed by atoms with E-state index in [2.05, 4.69) is 10.3 Å². The van der Waals surface area contributed by atoms with Crippen LogP contribution in [0.2, 0.25) is 0 Å². The Balaban J connectivity index is 1.54. The number of aromatic nitrogens is 1. The number of carbonyl (C=O) groups is 1. The molecule has 9 heteroatoms. The minimum absolute atomic E-state index is 0.206. The van der Waals surface area contributed by atoms with Crippen LogP contribution in [0.3, 0.4) is 0 Å². The first-order chi connectivity index (χ1) is 13.9. The number of thiophene rings is 1. The molecule has 3 heterocycles. The summed E-state index contributed by atoms with van der Waals surface area (Å²) < 4.78 is 27.3. The number of nitrogens with one attached hydrogen (secondary N) is 1. The Bertz CT molecular complexity index is 1120. The third kappa shape index (κ3) is 4.28. The molecule has 0 atom stereocenters. The van der Waals surface area contributed by atoms with Crippen molar-refractivity contribution in [2.45, 2.75) is 31.1 Å². The van der Waals surface area contributed by atoms with Gasteiger partial charge in [0.25, 0.3) is 5.91 Å². The number of hydrogen-bond acceptors (Lipinski definition) is 6. The maximum atomic E-state index is 12.9. The molecule has 0 spiro atoms. The molecule has 3 aromatic rings. The van der Waals surface area contributed by atoms with E-state index in [4.69, 9.17) is 0 Å². The first kappa shape index (κ1) is 20.2. The maximum Gasteiger partial charge on any atom is 0.267 e. The number of sulfonamides is 1. The Kier molecular flexibility index (Phi) is 5.82. The molecule has 1 saturated heterocycles. The first-order valence-corrected chi connectivity index (χ1v) is 12.6. The smallest absolute Gasteiger partial charge is 0.267 e. The molecule has 0 aliphatic carbocycles. The number of nitrogens with zero attached hydrogens (tertiary/aromatic N) is 2. The fourth-order valence-electron chi connectivity index (χ4n) is 3.29. The quantitative estimate of drug-likeness (QED) is 0.620. The highest BCUT2D eigenvalue weighted by atomic mass is 32.2. The lowest BCUT2D eigenvalue weighted by atomic mass is 10.2. The van der Waals surface area contributed by atoms with Crippen LogP contribution in [0.4, 0.5) is 5.69 Å². The number of thiazole rings is 1. The number of aryl methyl sites for hydroxylation is 1. The summed E-state index contributed by atoms with van der Waals surface area (Å²) in [5.41, 5.74) is 2.11. The molecule has 0 radical (unpaired) electrons. The van der Waals surface area contributed by atoms with E-state index in [-0.39, 0.29) is 10.8 Å². The summed E-state index contributed by atoms with van der Waals surface area (Å²) in [5.74, 6) is -0.283. The lowest BCUT2D eigenvalue weighted by Crippen LogP contribution is -2.35. The molecular weight excluding hydrogens is 426 g/mol. The standard InChI is InChI=1S/C20H21N3O3S3/c1-14-18(28-20(21-14)15-8-11-27-13-15)19(24)22-16-6-5-7-17(12-16)29(25,26)23-9-3-2-4-10-23/h5-8,11-13H,2-4,9-10H2,1H3,(H,22,24). The van der Waals surface area contributed by atoms with Crippen molar-refractivity contribution in [3.05, 3.63) is 51.7 Å². The average molecular weight is 448 g/mol. The van der Waals surface area contributed by atoms with E-state index in [9.17, 15) is 13.2 Å². The zero-order valence-electron chi connectivity index (χ0n) is 15.9. The van der Waals surface area contributed by atoms with Crippen molar-refractivity contribution in [2.24, 2.45) is 0 Å². The van der Waals surface area contributed by atoms with Crippen molar-refractivity contribution < 1.29 is 13.2 Å². The van der Waals surface area contributed by atoms with Crippen molar-refractivity contribution in [3.63, 3.8) is 0 Å². The van der Waals surface area contributed by atoms with Crippen LogP contribution < -0.4 is 5.32 Å². The predicted octanol–water partition coefficient (Wildman–Crippen LogP) is 4.61. The van der Waals surface area contributed by atoms with Crippen LogP contribution in [0.1, 0.15) is 34.6 Å². The lowest BCUT2D eigenvalue weighted by molar-refractivity contribution is 0.102. The van der Waals surface area contributed by atoms with Crippen molar-refractivity contribution in [1.29, 1.82) is 0 Å². The molecule has 0 saturated carbocycles. The fraction of sp³-hybridized carbons (Fsp3) is 0.300. The molecule has 1 fully saturated rings. The highest BCUT2D eigenvalue weighted by Gasteiger charge is 2.26. The van der Waals surface area contributed by atoms with Gasteiger partial charge in [0.1, 0.15) is 9.88 Å². The number of rotatable bonds is 5. The molecule has 1 amide bonds. The molecule has 0 bridgehead atoms. The maximum absolute atomic E-state index is 12.9. The summed E-state index contributed by atoms with van der Waals surface area (Å²) in [7, 11) is -3.55. The molecule has 1 aromatic carbocycles. The molecule has 6 nitrogen and oxygen atoms in total. The van der Waals surface area contributed by atoms with E-state index in [1.807, 2.05) is 16.8 Å². The normalized spacial score (nSPS) is 15.3. The largest absolute Gasteiger partial charge is 0.321 e. The average Bonchev–Trinajstić information content (AvgIpc) is 3.38. The van der Waals surface area contributed by atoms with Crippen molar-refractivity contribution >= 4 is 44.3 Å². The minimum Gasteiger partial charge on any atom is -0.321 e. The van der Waals surface area contributed by atoms with Crippen LogP contribution in [-0.2, 0) is 10.0 Å². The third-order valence-electron chi connectivity index (χ3n) is 4.82. The highest BCUT2D eigenvalue weighted by molar-refractivity contribution is 7.89. The zero-order chi connectivity index (χ0) is 20.4. The molecule has 29 heavy (non-hydrogen) atoms. The Morgan fingerprint density at radius 3 is 2.69 bits per heavy atom. The van der Waals surface area contributed by atoms with Gasteiger partial charge in [0.05, 0.1) is 10.6 Å².